The first kappa shape index (κ1) is 20.4. The highest BCUT2D eigenvalue weighted by Crippen LogP contribution is 2.26. The zero-order valence-electron chi connectivity index (χ0n) is 16.6. The van der Waals surface area contributed by atoms with Crippen LogP contribution in [0, 0.1) is 13.8 Å². The van der Waals surface area contributed by atoms with Crippen LogP contribution in [0.25, 0.3) is 0 Å². The number of nitrogens with two attached hydrogens (primary N) is 1. The van der Waals surface area contributed by atoms with Gasteiger partial charge in [0.1, 0.15) is 0 Å². The first-order valence-electron chi connectivity index (χ1n) is 9.65. The topological polar surface area (TPSA) is 133 Å². The Bertz CT molecular complexity index is 891. The molecule has 2 aromatic rings. The predicted octanol–water partition coefficient (Wildman–Crippen LogP) is 3.58. The van der Waals surface area contributed by atoms with E-state index in [0.29, 0.717) is 5.69 Å². The first-order valence-corrected chi connectivity index (χ1v) is 9.65. The van der Waals surface area contributed by atoms with Crippen LogP contribution in [0.1, 0.15) is 53.7 Å². The molecule has 1 aromatic carbocycles. The predicted molar refractivity (Wildman–Crippen MR) is 110 cm³/mol. The average molecular weight is 398 g/mol. The summed E-state index contributed by atoms with van der Waals surface area (Å²) in [4.78, 5) is 23.5. The van der Waals surface area contributed by atoms with Gasteiger partial charge in [-0.2, -0.15) is 0 Å². The van der Waals surface area contributed by atoms with Crippen LogP contribution in [-0.2, 0) is 0 Å². The summed E-state index contributed by atoms with van der Waals surface area (Å²) < 4.78 is 0. The summed E-state index contributed by atoms with van der Waals surface area (Å²) in [6.45, 7) is 3.94. The number of aromatic nitrogens is 2. The number of anilines is 3. The minimum Gasteiger partial charge on any atom is -0.464 e. The van der Waals surface area contributed by atoms with Crippen molar-refractivity contribution in [3.05, 3.63) is 41.1 Å². The molecule has 1 aliphatic carbocycles. The lowest BCUT2D eigenvalue weighted by Gasteiger charge is -2.32. The maximum Gasteiger partial charge on any atom is 0.426 e. The van der Waals surface area contributed by atoms with Crippen LogP contribution in [0.5, 0.6) is 0 Å². The number of primary amides is 1. The van der Waals surface area contributed by atoms with Crippen LogP contribution >= 0.6 is 0 Å². The molecule has 1 heterocycles. The van der Waals surface area contributed by atoms with E-state index in [4.69, 9.17) is 5.73 Å². The van der Waals surface area contributed by atoms with Crippen molar-refractivity contribution in [3.63, 3.8) is 0 Å². The highest BCUT2D eigenvalue weighted by molar-refractivity contribution is 5.97. The number of rotatable bonds is 6. The highest BCUT2D eigenvalue weighted by Gasteiger charge is 2.26. The number of nitrogens with zero attached hydrogens (tertiary/aromatic N) is 3. The number of hydrogen-bond donors (Lipinski definition) is 4. The van der Waals surface area contributed by atoms with Crippen molar-refractivity contribution in [2.24, 2.45) is 5.73 Å². The summed E-state index contributed by atoms with van der Waals surface area (Å²) in [5, 5.41) is 21.8. The van der Waals surface area contributed by atoms with Gasteiger partial charge in [0.05, 0.1) is 11.7 Å². The fraction of sp³-hybridized carbons (Fsp3) is 0.400. The standard InChI is InChI=1S/C20H26N6O3/c1-12-8-13(2)10-14(9-12)22-16-11-17(23-24-18(16)19(21)27)25-26(20(28)29)15-6-4-3-5-7-15/h8-11,15H,3-7H2,1-2H3,(H2,21,27)(H,28,29)(H2,22,23,25). The van der Waals surface area contributed by atoms with Gasteiger partial charge >= 0.3 is 6.09 Å². The van der Waals surface area contributed by atoms with Gasteiger partial charge in [0, 0.05) is 11.8 Å². The molecule has 9 nitrogen and oxygen atoms in total. The second kappa shape index (κ2) is 8.76. The number of carbonyl (C=O) groups is 2. The van der Waals surface area contributed by atoms with Crippen molar-refractivity contribution >= 4 is 29.2 Å². The maximum atomic E-state index is 11.8. The van der Waals surface area contributed by atoms with Gasteiger partial charge in [0.2, 0.25) is 0 Å². The van der Waals surface area contributed by atoms with Crippen LogP contribution < -0.4 is 16.5 Å². The lowest BCUT2D eigenvalue weighted by Crippen LogP contribution is -2.44. The molecule has 0 radical (unpaired) electrons. The summed E-state index contributed by atoms with van der Waals surface area (Å²) in [6, 6.07) is 7.30. The van der Waals surface area contributed by atoms with E-state index in [1.165, 1.54) is 5.01 Å². The number of amides is 2. The zero-order valence-corrected chi connectivity index (χ0v) is 16.6. The molecule has 1 aliphatic rings. The monoisotopic (exact) mass is 398 g/mol. The Balaban J connectivity index is 1.88. The molecule has 9 heteroatoms. The first-order chi connectivity index (χ1) is 13.8. The number of nitrogens with one attached hydrogen (secondary N) is 2. The van der Waals surface area contributed by atoms with E-state index >= 15 is 0 Å². The number of benzene rings is 1. The largest absolute Gasteiger partial charge is 0.464 e. The van der Waals surface area contributed by atoms with E-state index in [1.807, 2.05) is 32.0 Å². The fourth-order valence-corrected chi connectivity index (χ4v) is 3.68. The Morgan fingerprint density at radius 1 is 1.07 bits per heavy atom. The van der Waals surface area contributed by atoms with E-state index in [0.717, 1.165) is 48.9 Å². The van der Waals surface area contributed by atoms with Crippen LogP contribution in [0.15, 0.2) is 24.3 Å². The van der Waals surface area contributed by atoms with Gasteiger partial charge in [0.15, 0.2) is 11.5 Å². The molecule has 29 heavy (non-hydrogen) atoms. The second-order valence-electron chi connectivity index (χ2n) is 7.41. The number of carboxylic acid groups (broad SMARTS) is 1. The molecule has 3 rings (SSSR count). The third-order valence-corrected chi connectivity index (χ3v) is 4.91. The molecular formula is C20H26N6O3. The Hall–Kier alpha value is -3.36. The molecule has 1 saturated carbocycles. The zero-order chi connectivity index (χ0) is 21.0. The van der Waals surface area contributed by atoms with Gasteiger partial charge in [-0.3, -0.25) is 10.2 Å². The number of aryl methyl sites for hydroxylation is 2. The Labute approximate surface area is 169 Å². The highest BCUT2D eigenvalue weighted by atomic mass is 16.4. The Kier molecular flexibility index (Phi) is 6.16. The number of hydrazine groups is 1. The molecule has 0 spiro atoms. The van der Waals surface area contributed by atoms with E-state index < -0.39 is 12.0 Å². The SMILES string of the molecule is Cc1cc(C)cc(Nc2cc(NN(C(=O)O)C3CCCCC3)nnc2C(N)=O)c1. The van der Waals surface area contributed by atoms with Gasteiger partial charge in [0.25, 0.3) is 5.91 Å². The molecule has 2 amide bonds. The average Bonchev–Trinajstić information content (AvgIpc) is 2.65. The summed E-state index contributed by atoms with van der Waals surface area (Å²) in [5.41, 5.74) is 11.5. The molecule has 0 atom stereocenters. The summed E-state index contributed by atoms with van der Waals surface area (Å²) in [5.74, 6) is -0.506. The Morgan fingerprint density at radius 3 is 2.31 bits per heavy atom. The third-order valence-electron chi connectivity index (χ3n) is 4.91. The summed E-state index contributed by atoms with van der Waals surface area (Å²) in [7, 11) is 0. The van der Waals surface area contributed by atoms with Crippen molar-refractivity contribution in [3.8, 4) is 0 Å². The minimum atomic E-state index is -1.08. The van der Waals surface area contributed by atoms with Crippen molar-refractivity contribution < 1.29 is 14.7 Å². The van der Waals surface area contributed by atoms with Crippen LogP contribution in [-0.4, -0.2) is 38.4 Å². The third kappa shape index (κ3) is 5.13. The quantitative estimate of drug-likeness (QED) is 0.547. The lowest BCUT2D eigenvalue weighted by atomic mass is 9.95. The van der Waals surface area contributed by atoms with E-state index in [2.05, 4.69) is 20.9 Å². The summed E-state index contributed by atoms with van der Waals surface area (Å²) >= 11 is 0. The van der Waals surface area contributed by atoms with E-state index in [-0.39, 0.29) is 17.6 Å². The molecule has 0 unspecified atom stereocenters. The maximum absolute atomic E-state index is 11.8. The van der Waals surface area contributed by atoms with Crippen molar-refractivity contribution in [2.45, 2.75) is 52.0 Å². The smallest absolute Gasteiger partial charge is 0.426 e. The van der Waals surface area contributed by atoms with Gasteiger partial charge in [-0.1, -0.05) is 25.3 Å². The van der Waals surface area contributed by atoms with Gasteiger partial charge in [-0.25, -0.2) is 9.80 Å². The lowest BCUT2D eigenvalue weighted by molar-refractivity contribution is 0.0995. The van der Waals surface area contributed by atoms with Gasteiger partial charge < -0.3 is 16.2 Å². The molecule has 0 bridgehead atoms. The summed E-state index contributed by atoms with van der Waals surface area (Å²) in [6.07, 6.45) is 3.59. The molecule has 0 aliphatic heterocycles. The van der Waals surface area contributed by atoms with Crippen molar-refractivity contribution in [2.75, 3.05) is 10.7 Å². The van der Waals surface area contributed by atoms with Crippen LogP contribution in [0.3, 0.4) is 0 Å². The molecule has 154 valence electrons. The molecule has 1 fully saturated rings. The van der Waals surface area contributed by atoms with Crippen molar-refractivity contribution in [1.82, 2.24) is 15.2 Å². The molecular weight excluding hydrogens is 372 g/mol. The van der Waals surface area contributed by atoms with Crippen LogP contribution in [0.4, 0.5) is 22.0 Å². The van der Waals surface area contributed by atoms with Crippen LogP contribution in [0.2, 0.25) is 0 Å². The normalized spacial score (nSPS) is 14.3. The van der Waals surface area contributed by atoms with E-state index in [1.54, 1.807) is 6.07 Å². The minimum absolute atomic E-state index is 0.0192. The number of hydrogen-bond acceptors (Lipinski definition) is 6. The van der Waals surface area contributed by atoms with Gasteiger partial charge in [-0.05, 0) is 49.9 Å². The molecule has 1 aromatic heterocycles. The fourth-order valence-electron chi connectivity index (χ4n) is 3.68. The molecule has 0 saturated heterocycles. The van der Waals surface area contributed by atoms with Crippen molar-refractivity contribution in [1.29, 1.82) is 0 Å². The molecule has 5 N–H and O–H groups in total. The second-order valence-corrected chi connectivity index (χ2v) is 7.41. The number of carbonyl (C=O) groups excluding carboxylic acids is 1. The Morgan fingerprint density at radius 2 is 1.72 bits per heavy atom. The van der Waals surface area contributed by atoms with E-state index in [9.17, 15) is 14.7 Å². The van der Waals surface area contributed by atoms with Gasteiger partial charge in [-0.15, -0.1) is 10.2 Å².